The minimum atomic E-state index is -0.768. The van der Waals surface area contributed by atoms with Crippen LogP contribution in [0.25, 0.3) is 0 Å². The van der Waals surface area contributed by atoms with E-state index in [1.165, 1.54) is 11.3 Å². The van der Waals surface area contributed by atoms with Crippen molar-refractivity contribution in [1.82, 2.24) is 10.6 Å². The van der Waals surface area contributed by atoms with E-state index in [0.29, 0.717) is 10.9 Å². The van der Waals surface area contributed by atoms with Crippen LogP contribution in [-0.4, -0.2) is 24.3 Å². The predicted octanol–water partition coefficient (Wildman–Crippen LogP) is 2.87. The van der Waals surface area contributed by atoms with Gasteiger partial charge in [0.1, 0.15) is 18.5 Å². The number of hydrogen-bond acceptors (Lipinski definition) is 4. The fraction of sp³-hybridized carbons (Fsp3) is 0.267. The third kappa shape index (κ3) is 3.35. The third-order valence-electron chi connectivity index (χ3n) is 3.38. The summed E-state index contributed by atoms with van der Waals surface area (Å²) in [6, 6.07) is 10.6. The van der Waals surface area contributed by atoms with Crippen LogP contribution < -0.4 is 15.4 Å². The largest absolute Gasteiger partial charge is 0.491 e. The number of para-hydroxylation sites is 1. The third-order valence-corrected chi connectivity index (χ3v) is 4.72. The summed E-state index contributed by atoms with van der Waals surface area (Å²) >= 11 is 7.12. The Bertz CT molecular complexity index is 676. The van der Waals surface area contributed by atoms with Gasteiger partial charge in [-0.3, -0.25) is 0 Å². The fourth-order valence-electron chi connectivity index (χ4n) is 2.29. The summed E-state index contributed by atoms with van der Waals surface area (Å²) in [5, 5.41) is 15.5. The summed E-state index contributed by atoms with van der Waals surface area (Å²) in [7, 11) is 0. The second-order valence-corrected chi connectivity index (χ2v) is 6.66. The molecule has 1 aliphatic rings. The summed E-state index contributed by atoms with van der Waals surface area (Å²) < 4.78 is 6.11. The first-order chi connectivity index (χ1) is 10.6. The maximum Gasteiger partial charge on any atom is 0.315 e. The molecule has 2 amide bonds. The van der Waals surface area contributed by atoms with Crippen LogP contribution in [0.15, 0.2) is 36.4 Å². The average Bonchev–Trinajstić information content (AvgIpc) is 3.12. The molecule has 0 saturated heterocycles. The standard InChI is InChI=1S/C15H15ClN2O3S/c16-14-6-5-13(22-14)11(19)7-17-15(20)18-10-8-21-12-4-2-1-3-9(10)12/h1-6,10-11,19H,7-8H2,(H2,17,18,20)/t10-,11-/m0/s1. The highest BCUT2D eigenvalue weighted by Gasteiger charge is 2.25. The normalized spacial score (nSPS) is 17.5. The molecule has 1 aliphatic heterocycles. The van der Waals surface area contributed by atoms with Gasteiger partial charge in [0.05, 0.1) is 16.9 Å². The molecule has 2 aromatic rings. The van der Waals surface area contributed by atoms with Crippen molar-refractivity contribution >= 4 is 29.0 Å². The van der Waals surface area contributed by atoms with Gasteiger partial charge in [-0.05, 0) is 18.2 Å². The first-order valence-electron chi connectivity index (χ1n) is 6.83. The molecule has 0 radical (unpaired) electrons. The second-order valence-electron chi connectivity index (χ2n) is 4.91. The van der Waals surface area contributed by atoms with Gasteiger partial charge >= 0.3 is 6.03 Å². The number of nitrogens with one attached hydrogen (secondary N) is 2. The van der Waals surface area contributed by atoms with Gasteiger partial charge in [0.2, 0.25) is 0 Å². The summed E-state index contributed by atoms with van der Waals surface area (Å²) in [6.07, 6.45) is -0.768. The highest BCUT2D eigenvalue weighted by atomic mass is 35.5. The summed E-state index contributed by atoms with van der Waals surface area (Å²) in [5.74, 6) is 0.793. The molecule has 0 bridgehead atoms. The maximum absolute atomic E-state index is 11.9. The zero-order chi connectivity index (χ0) is 15.5. The van der Waals surface area contributed by atoms with Gasteiger partial charge in [-0.1, -0.05) is 29.8 Å². The lowest BCUT2D eigenvalue weighted by Crippen LogP contribution is -2.40. The molecular formula is C15H15ClN2O3S. The van der Waals surface area contributed by atoms with E-state index >= 15 is 0 Å². The number of urea groups is 1. The van der Waals surface area contributed by atoms with Gasteiger partial charge in [0.15, 0.2) is 0 Å². The van der Waals surface area contributed by atoms with Crippen molar-refractivity contribution in [2.75, 3.05) is 13.2 Å². The molecule has 116 valence electrons. The summed E-state index contributed by atoms with van der Waals surface area (Å²) in [5.41, 5.74) is 0.961. The van der Waals surface area contributed by atoms with Crippen LogP contribution >= 0.6 is 22.9 Å². The van der Waals surface area contributed by atoms with E-state index in [4.69, 9.17) is 16.3 Å². The topological polar surface area (TPSA) is 70.6 Å². The van der Waals surface area contributed by atoms with Crippen molar-refractivity contribution in [3.8, 4) is 5.75 Å². The van der Waals surface area contributed by atoms with E-state index in [1.54, 1.807) is 12.1 Å². The van der Waals surface area contributed by atoms with Gasteiger partial charge in [-0.25, -0.2) is 4.79 Å². The number of halogens is 1. The van der Waals surface area contributed by atoms with E-state index in [9.17, 15) is 9.90 Å². The predicted molar refractivity (Wildman–Crippen MR) is 85.5 cm³/mol. The van der Waals surface area contributed by atoms with Gasteiger partial charge in [0, 0.05) is 10.4 Å². The first kappa shape index (κ1) is 15.1. The van der Waals surface area contributed by atoms with Crippen molar-refractivity contribution in [3.05, 3.63) is 51.2 Å². The van der Waals surface area contributed by atoms with Crippen molar-refractivity contribution in [2.24, 2.45) is 0 Å². The number of fused-ring (bicyclic) bond motifs is 1. The van der Waals surface area contributed by atoms with E-state index in [0.717, 1.165) is 16.2 Å². The highest BCUT2D eigenvalue weighted by Crippen LogP contribution is 2.31. The van der Waals surface area contributed by atoms with Crippen LogP contribution in [0.5, 0.6) is 5.75 Å². The molecule has 0 fully saturated rings. The molecule has 0 unspecified atom stereocenters. The van der Waals surface area contributed by atoms with Crippen LogP contribution in [0, 0.1) is 0 Å². The number of thiophene rings is 1. The lowest BCUT2D eigenvalue weighted by atomic mass is 10.1. The second kappa shape index (κ2) is 6.56. The highest BCUT2D eigenvalue weighted by molar-refractivity contribution is 7.16. The minimum absolute atomic E-state index is 0.123. The van der Waals surface area contributed by atoms with Crippen LogP contribution in [-0.2, 0) is 0 Å². The van der Waals surface area contributed by atoms with Gasteiger partial charge in [-0.15, -0.1) is 11.3 Å². The Balaban J connectivity index is 1.51. The zero-order valence-electron chi connectivity index (χ0n) is 11.6. The molecular weight excluding hydrogens is 324 g/mol. The monoisotopic (exact) mass is 338 g/mol. The summed E-state index contributed by atoms with van der Waals surface area (Å²) in [6.45, 7) is 0.535. The van der Waals surface area contributed by atoms with E-state index in [2.05, 4.69) is 10.6 Å². The van der Waals surface area contributed by atoms with Gasteiger partial charge < -0.3 is 20.5 Å². The molecule has 22 heavy (non-hydrogen) atoms. The molecule has 0 saturated carbocycles. The lowest BCUT2D eigenvalue weighted by molar-refractivity contribution is 0.175. The number of amides is 2. The zero-order valence-corrected chi connectivity index (χ0v) is 13.2. The van der Waals surface area contributed by atoms with Crippen LogP contribution in [0.3, 0.4) is 0 Å². The van der Waals surface area contributed by atoms with E-state index < -0.39 is 6.10 Å². The molecule has 1 aromatic heterocycles. The van der Waals surface area contributed by atoms with Crippen molar-refractivity contribution in [1.29, 1.82) is 0 Å². The number of aliphatic hydroxyl groups is 1. The number of rotatable bonds is 4. The SMILES string of the molecule is O=C(NC[C@H](O)c1ccc(Cl)s1)N[C@H]1COc2ccccc21. The molecule has 0 spiro atoms. The number of benzene rings is 1. The van der Waals surface area contributed by atoms with Crippen molar-refractivity contribution < 1.29 is 14.6 Å². The summed E-state index contributed by atoms with van der Waals surface area (Å²) in [4.78, 5) is 12.7. The van der Waals surface area contributed by atoms with Crippen LogP contribution in [0.4, 0.5) is 4.79 Å². The number of hydrogen-bond donors (Lipinski definition) is 3. The maximum atomic E-state index is 11.9. The lowest BCUT2D eigenvalue weighted by Gasteiger charge is -2.14. The minimum Gasteiger partial charge on any atom is -0.491 e. The number of aliphatic hydroxyl groups excluding tert-OH is 1. The van der Waals surface area contributed by atoms with E-state index in [1.807, 2.05) is 24.3 Å². The molecule has 2 atom stereocenters. The quantitative estimate of drug-likeness (QED) is 0.802. The Morgan fingerprint density at radius 1 is 1.41 bits per heavy atom. The smallest absolute Gasteiger partial charge is 0.315 e. The molecule has 3 N–H and O–H groups in total. The van der Waals surface area contributed by atoms with Crippen molar-refractivity contribution in [3.63, 3.8) is 0 Å². The Kier molecular flexibility index (Phi) is 4.52. The van der Waals surface area contributed by atoms with Crippen molar-refractivity contribution in [2.45, 2.75) is 12.1 Å². The molecule has 7 heteroatoms. The van der Waals surface area contributed by atoms with E-state index in [-0.39, 0.29) is 18.6 Å². The number of ether oxygens (including phenoxy) is 1. The number of carbonyl (C=O) groups is 1. The molecule has 2 heterocycles. The Morgan fingerprint density at radius 3 is 3.00 bits per heavy atom. The van der Waals surface area contributed by atoms with Crippen LogP contribution in [0.2, 0.25) is 4.34 Å². The Morgan fingerprint density at radius 2 is 2.23 bits per heavy atom. The van der Waals surface area contributed by atoms with Gasteiger partial charge in [-0.2, -0.15) is 0 Å². The molecule has 1 aromatic carbocycles. The molecule has 0 aliphatic carbocycles. The van der Waals surface area contributed by atoms with Gasteiger partial charge in [0.25, 0.3) is 0 Å². The average molecular weight is 339 g/mol. The van der Waals surface area contributed by atoms with Crippen LogP contribution in [0.1, 0.15) is 22.6 Å². The first-order valence-corrected chi connectivity index (χ1v) is 8.02. The molecule has 5 nitrogen and oxygen atoms in total. The molecule has 3 rings (SSSR count). The Hall–Kier alpha value is -1.76. The Labute approximate surface area is 136 Å². The number of carbonyl (C=O) groups excluding carboxylic acids is 1. The fourth-order valence-corrected chi connectivity index (χ4v) is 3.34.